The van der Waals surface area contributed by atoms with E-state index in [0.29, 0.717) is 37.4 Å². The van der Waals surface area contributed by atoms with Crippen LogP contribution in [-0.4, -0.2) is 64.8 Å². The predicted octanol–water partition coefficient (Wildman–Crippen LogP) is 2.52. The number of anilines is 2. The Hall–Kier alpha value is -2.04. The summed E-state index contributed by atoms with van der Waals surface area (Å²) < 4.78 is 7.37. The minimum Gasteiger partial charge on any atom is -0.375 e. The lowest BCUT2D eigenvalue weighted by atomic mass is 10.1. The number of rotatable bonds is 14. The molecular weight excluding hydrogens is 466 g/mol. The van der Waals surface area contributed by atoms with Gasteiger partial charge in [0.15, 0.2) is 0 Å². The number of pyridine rings is 1. The van der Waals surface area contributed by atoms with Crippen molar-refractivity contribution in [2.75, 3.05) is 44.6 Å². The summed E-state index contributed by atoms with van der Waals surface area (Å²) in [5, 5.41) is 6.53. The van der Waals surface area contributed by atoms with Gasteiger partial charge in [-0.15, -0.1) is 12.4 Å². The first-order valence-electron chi connectivity index (χ1n) is 12.7. The molecule has 2 aromatic heterocycles. The van der Waals surface area contributed by atoms with Crippen molar-refractivity contribution in [2.24, 2.45) is 11.7 Å². The van der Waals surface area contributed by atoms with Gasteiger partial charge < -0.3 is 26.0 Å². The van der Waals surface area contributed by atoms with Crippen LogP contribution >= 0.6 is 12.4 Å². The smallest absolute Gasteiger partial charge is 0.349 e. The number of hydrogen-bond acceptors (Lipinski definition) is 8. The molecule has 4 rings (SSSR count). The summed E-state index contributed by atoms with van der Waals surface area (Å²) in [6, 6.07) is 6.04. The van der Waals surface area contributed by atoms with Crippen LogP contribution in [0.3, 0.4) is 0 Å². The van der Waals surface area contributed by atoms with Crippen molar-refractivity contribution in [3.05, 3.63) is 46.6 Å². The lowest BCUT2D eigenvalue weighted by Gasteiger charge is -2.29. The van der Waals surface area contributed by atoms with Gasteiger partial charge in [-0.3, -0.25) is 4.57 Å². The summed E-state index contributed by atoms with van der Waals surface area (Å²) in [4.78, 5) is 23.4. The third-order valence-electron chi connectivity index (χ3n) is 6.53. The Morgan fingerprint density at radius 2 is 1.86 bits per heavy atom. The van der Waals surface area contributed by atoms with Crippen molar-refractivity contribution in [3.63, 3.8) is 0 Å². The van der Waals surface area contributed by atoms with Crippen molar-refractivity contribution in [1.82, 2.24) is 24.8 Å². The molecule has 10 heteroatoms. The average Bonchev–Trinajstić information content (AvgIpc) is 3.67. The summed E-state index contributed by atoms with van der Waals surface area (Å²) in [7, 11) is 0. The first-order valence-corrected chi connectivity index (χ1v) is 12.7. The molecule has 194 valence electrons. The van der Waals surface area contributed by atoms with E-state index in [1.54, 1.807) is 17.0 Å². The van der Waals surface area contributed by atoms with Crippen molar-refractivity contribution in [2.45, 2.75) is 57.7 Å². The van der Waals surface area contributed by atoms with Crippen molar-refractivity contribution in [1.29, 1.82) is 0 Å². The Balaban J connectivity index is 0.00000342. The number of likely N-dealkylation sites (tertiary alicyclic amines) is 1. The zero-order valence-corrected chi connectivity index (χ0v) is 21.3. The van der Waals surface area contributed by atoms with Crippen LogP contribution in [0.2, 0.25) is 0 Å². The maximum absolute atomic E-state index is 12.4. The number of unbranched alkanes of at least 4 members (excludes halogenated alkanes) is 1. The second-order valence-electron chi connectivity index (χ2n) is 9.55. The summed E-state index contributed by atoms with van der Waals surface area (Å²) in [5.74, 6) is 2.05. The molecule has 1 saturated carbocycles. The number of nitrogens with zero attached hydrogens (tertiary/aromatic N) is 4. The van der Waals surface area contributed by atoms with Crippen LogP contribution in [0.15, 0.2) is 35.4 Å². The maximum Gasteiger partial charge on any atom is 0.349 e. The first kappa shape index (κ1) is 27.5. The number of aryl methyl sites for hydroxylation is 1. The Labute approximate surface area is 214 Å². The van der Waals surface area contributed by atoms with Crippen LogP contribution in [0.1, 0.15) is 44.1 Å². The molecule has 3 heterocycles. The zero-order valence-electron chi connectivity index (χ0n) is 20.5. The van der Waals surface area contributed by atoms with Crippen LogP contribution in [0.25, 0.3) is 0 Å². The summed E-state index contributed by atoms with van der Waals surface area (Å²) in [6.07, 6.45) is 10.5. The largest absolute Gasteiger partial charge is 0.375 e. The molecule has 0 atom stereocenters. The maximum atomic E-state index is 12.4. The molecule has 0 amide bonds. The summed E-state index contributed by atoms with van der Waals surface area (Å²) >= 11 is 0. The fourth-order valence-corrected chi connectivity index (χ4v) is 4.14. The molecule has 2 aliphatic rings. The third kappa shape index (κ3) is 9.85. The number of hydrogen-bond donors (Lipinski definition) is 3. The van der Waals surface area contributed by atoms with Crippen LogP contribution in [0.4, 0.5) is 11.6 Å². The van der Waals surface area contributed by atoms with Crippen molar-refractivity contribution < 1.29 is 4.74 Å². The molecule has 1 saturated heterocycles. The molecule has 4 N–H and O–H groups in total. The molecular formula is C25H40ClN7O2. The number of piperidine rings is 1. The molecule has 0 aromatic carbocycles. The van der Waals surface area contributed by atoms with E-state index in [1.165, 1.54) is 12.8 Å². The fourth-order valence-electron chi connectivity index (χ4n) is 4.14. The number of nitrogens with one attached hydrogen (secondary N) is 2. The molecule has 2 fully saturated rings. The molecule has 2 aromatic rings. The first-order chi connectivity index (χ1) is 16.7. The molecule has 0 spiro atoms. The third-order valence-corrected chi connectivity index (χ3v) is 6.53. The van der Waals surface area contributed by atoms with E-state index in [2.05, 4.69) is 25.5 Å². The molecule has 0 unspecified atom stereocenters. The molecule has 35 heavy (non-hydrogen) atoms. The van der Waals surface area contributed by atoms with Crippen LogP contribution in [0.5, 0.6) is 0 Å². The van der Waals surface area contributed by atoms with Gasteiger partial charge in [-0.25, -0.2) is 9.78 Å². The Morgan fingerprint density at radius 3 is 2.57 bits per heavy atom. The van der Waals surface area contributed by atoms with Crippen molar-refractivity contribution in [3.8, 4) is 0 Å². The Morgan fingerprint density at radius 1 is 1.06 bits per heavy atom. The monoisotopic (exact) mass is 505 g/mol. The van der Waals surface area contributed by atoms with E-state index < -0.39 is 0 Å². The number of aromatic nitrogens is 3. The lowest BCUT2D eigenvalue weighted by Crippen LogP contribution is -2.40. The zero-order chi connectivity index (χ0) is 23.6. The highest BCUT2D eigenvalue weighted by Gasteiger charge is 2.20. The minimum absolute atomic E-state index is 0. The van der Waals surface area contributed by atoms with Gasteiger partial charge in [0.2, 0.25) is 0 Å². The number of ether oxygens (including phenoxy) is 1. The van der Waals surface area contributed by atoms with Crippen LogP contribution < -0.4 is 22.1 Å². The number of halogens is 1. The average molecular weight is 506 g/mol. The fraction of sp³-hybridized carbons (Fsp3) is 0.640. The highest BCUT2D eigenvalue weighted by atomic mass is 35.5. The number of nitrogens with two attached hydrogens (primary N) is 1. The molecule has 1 aliphatic heterocycles. The second kappa shape index (κ2) is 14.5. The minimum atomic E-state index is -0.241. The van der Waals surface area contributed by atoms with Gasteiger partial charge in [-0.2, -0.15) is 4.98 Å². The van der Waals surface area contributed by atoms with Crippen molar-refractivity contribution >= 4 is 24.0 Å². The SMILES string of the molecule is Cl.NC1CCN(CCCCn2ccc(Nc3ccc(COCCNCC4CC4)cn3)nc2=O)CC1. The summed E-state index contributed by atoms with van der Waals surface area (Å²) in [5.41, 5.74) is 6.74. The normalized spacial score (nSPS) is 16.7. The van der Waals surface area contributed by atoms with Crippen LogP contribution in [0, 0.1) is 5.92 Å². The molecule has 0 bridgehead atoms. The second-order valence-corrected chi connectivity index (χ2v) is 9.55. The Kier molecular flexibility index (Phi) is 11.4. The Bertz CT molecular complexity index is 928. The highest BCUT2D eigenvalue weighted by Crippen LogP contribution is 2.27. The quantitative estimate of drug-likeness (QED) is 0.336. The van der Waals surface area contributed by atoms with Gasteiger partial charge in [0.05, 0.1) is 13.2 Å². The molecule has 0 radical (unpaired) electrons. The molecule has 9 nitrogen and oxygen atoms in total. The van der Waals surface area contributed by atoms with Gasteiger partial charge in [0.25, 0.3) is 0 Å². The topological polar surface area (TPSA) is 110 Å². The van der Waals surface area contributed by atoms with Gasteiger partial charge in [0.1, 0.15) is 11.6 Å². The predicted molar refractivity (Wildman–Crippen MR) is 141 cm³/mol. The van der Waals surface area contributed by atoms with Gasteiger partial charge >= 0.3 is 5.69 Å². The van der Waals surface area contributed by atoms with E-state index in [-0.39, 0.29) is 18.1 Å². The van der Waals surface area contributed by atoms with Gasteiger partial charge in [-0.05, 0) is 88.3 Å². The summed E-state index contributed by atoms with van der Waals surface area (Å²) in [6.45, 7) is 7.15. The standard InChI is InChI=1S/C25H39N7O2.ClH/c26-22-7-13-31(14-8-22)11-1-2-12-32-15-9-24(30-25(32)33)29-23-6-5-21(18-28-23)19-34-16-10-27-17-20-3-4-20;/h5-6,9,15,18,20,22,27H,1-4,7-8,10-14,16-17,19,26H2,(H,28,29,30,33);1H. The van der Waals surface area contributed by atoms with E-state index >= 15 is 0 Å². The van der Waals surface area contributed by atoms with Crippen LogP contribution in [-0.2, 0) is 17.9 Å². The molecule has 1 aliphatic carbocycles. The van der Waals surface area contributed by atoms with E-state index in [1.807, 2.05) is 18.2 Å². The van der Waals surface area contributed by atoms with Gasteiger partial charge in [-0.1, -0.05) is 6.07 Å². The van der Waals surface area contributed by atoms with E-state index in [9.17, 15) is 4.79 Å². The van der Waals surface area contributed by atoms with Gasteiger partial charge in [0, 0.05) is 31.5 Å². The van der Waals surface area contributed by atoms with E-state index in [0.717, 1.165) is 69.9 Å². The highest BCUT2D eigenvalue weighted by molar-refractivity contribution is 5.85. The lowest BCUT2D eigenvalue weighted by molar-refractivity contribution is 0.122. The van der Waals surface area contributed by atoms with E-state index in [4.69, 9.17) is 10.5 Å².